The second kappa shape index (κ2) is 8.47. The molecule has 3 N–H and O–H groups in total. The Labute approximate surface area is 145 Å². The smallest absolute Gasteiger partial charge is 0.275 e. The molecule has 0 aliphatic heterocycles. The minimum Gasteiger partial charge on any atom is -0.330 e. The lowest BCUT2D eigenvalue weighted by Crippen LogP contribution is -2.13. The lowest BCUT2D eigenvalue weighted by molar-refractivity contribution is 0.102. The van der Waals surface area contributed by atoms with Crippen LogP contribution in [0.1, 0.15) is 41.3 Å². The van der Waals surface area contributed by atoms with Crippen LogP contribution in [-0.4, -0.2) is 22.7 Å². The van der Waals surface area contributed by atoms with Crippen LogP contribution in [0.4, 0.5) is 5.69 Å². The van der Waals surface area contributed by atoms with Crippen LogP contribution < -0.4 is 11.1 Å². The Kier molecular flexibility index (Phi) is 6.62. The zero-order valence-electron chi connectivity index (χ0n) is 13.8. The monoisotopic (exact) mass is 349 g/mol. The lowest BCUT2D eigenvalue weighted by atomic mass is 10.2. The Morgan fingerprint density at radius 1 is 1.48 bits per heavy atom. The van der Waals surface area contributed by atoms with Crippen molar-refractivity contribution in [2.24, 2.45) is 5.73 Å². The molecule has 0 aliphatic carbocycles. The number of amides is 1. The first kappa shape index (κ1) is 18.0. The molecule has 124 valence electrons. The summed E-state index contributed by atoms with van der Waals surface area (Å²) in [5.74, 6) is -0.171. The maximum atomic E-state index is 12.3. The van der Waals surface area contributed by atoms with E-state index in [2.05, 4.69) is 36.3 Å². The highest BCUT2D eigenvalue weighted by Gasteiger charge is 2.12. The number of nitrogens with two attached hydrogens (primary N) is 1. The molecule has 2 rings (SSSR count). The van der Waals surface area contributed by atoms with Crippen molar-refractivity contribution >= 4 is 34.7 Å². The van der Waals surface area contributed by atoms with Crippen LogP contribution in [0.2, 0.25) is 0 Å². The molecule has 1 heterocycles. The topological polar surface area (TPSA) is 68.0 Å². The van der Waals surface area contributed by atoms with E-state index < -0.39 is 0 Å². The summed E-state index contributed by atoms with van der Waals surface area (Å²) >= 11 is 3.33. The summed E-state index contributed by atoms with van der Waals surface area (Å²) in [4.78, 5) is 17.8. The van der Waals surface area contributed by atoms with E-state index in [1.54, 1.807) is 5.38 Å². The van der Waals surface area contributed by atoms with E-state index in [0.29, 0.717) is 23.9 Å². The van der Waals surface area contributed by atoms with Crippen molar-refractivity contribution in [3.05, 3.63) is 39.8 Å². The van der Waals surface area contributed by atoms with Crippen LogP contribution >= 0.6 is 23.1 Å². The van der Waals surface area contributed by atoms with E-state index in [-0.39, 0.29) is 5.91 Å². The molecule has 0 saturated heterocycles. The highest BCUT2D eigenvalue weighted by atomic mass is 32.2. The normalized spacial score (nSPS) is 12.2. The predicted octanol–water partition coefficient (Wildman–Crippen LogP) is 4.10. The third-order valence-corrected chi connectivity index (χ3v) is 5.67. The maximum Gasteiger partial charge on any atom is 0.275 e. The quantitative estimate of drug-likeness (QED) is 0.739. The van der Waals surface area contributed by atoms with Gasteiger partial charge >= 0.3 is 0 Å². The number of thiazole rings is 1. The van der Waals surface area contributed by atoms with Crippen molar-refractivity contribution in [2.75, 3.05) is 11.9 Å². The Hall–Kier alpha value is -1.37. The fraction of sp³-hybridized carbons (Fsp3) is 0.412. The highest BCUT2D eigenvalue weighted by molar-refractivity contribution is 7.99. The predicted molar refractivity (Wildman–Crippen MR) is 99.6 cm³/mol. The van der Waals surface area contributed by atoms with Crippen LogP contribution in [0.25, 0.3) is 0 Å². The average Bonchev–Trinajstić information content (AvgIpc) is 2.99. The summed E-state index contributed by atoms with van der Waals surface area (Å²) in [5, 5.41) is 6.21. The summed E-state index contributed by atoms with van der Waals surface area (Å²) in [5.41, 5.74) is 7.86. The molecule has 1 atom stereocenters. The Morgan fingerprint density at radius 3 is 2.91 bits per heavy atom. The van der Waals surface area contributed by atoms with Crippen LogP contribution in [0.15, 0.2) is 28.5 Å². The molecule has 23 heavy (non-hydrogen) atoms. The summed E-state index contributed by atoms with van der Waals surface area (Å²) in [6, 6.07) is 6.14. The summed E-state index contributed by atoms with van der Waals surface area (Å²) in [7, 11) is 0. The fourth-order valence-corrected chi connectivity index (χ4v) is 3.82. The second-order valence-electron chi connectivity index (χ2n) is 5.43. The van der Waals surface area contributed by atoms with Crippen LogP contribution in [0.5, 0.6) is 0 Å². The van der Waals surface area contributed by atoms with Gasteiger partial charge in [-0.2, -0.15) is 0 Å². The van der Waals surface area contributed by atoms with Gasteiger partial charge in [0.25, 0.3) is 5.91 Å². The molecule has 0 fully saturated rings. The van der Waals surface area contributed by atoms with Gasteiger partial charge < -0.3 is 11.1 Å². The van der Waals surface area contributed by atoms with Gasteiger partial charge in [-0.1, -0.05) is 13.8 Å². The molecule has 0 saturated carbocycles. The number of benzene rings is 1. The zero-order chi connectivity index (χ0) is 16.8. The molecule has 6 heteroatoms. The van der Waals surface area contributed by atoms with E-state index in [1.807, 2.05) is 24.8 Å². The van der Waals surface area contributed by atoms with Gasteiger partial charge in [-0.05, 0) is 43.7 Å². The summed E-state index contributed by atoms with van der Waals surface area (Å²) in [6.45, 7) is 6.96. The zero-order valence-corrected chi connectivity index (χ0v) is 15.4. The van der Waals surface area contributed by atoms with Crippen molar-refractivity contribution < 1.29 is 4.79 Å². The first-order chi connectivity index (χ1) is 11.0. The molecule has 1 unspecified atom stereocenters. The van der Waals surface area contributed by atoms with E-state index in [1.165, 1.54) is 16.2 Å². The standard InChI is InChI=1S/C17H23N3OS2/c1-4-12(3)23-13-5-6-14(11(2)9-13)20-17(21)15-10-22-16(19-15)7-8-18/h5-6,9-10,12H,4,7-8,18H2,1-3H3,(H,20,21). The molecular weight excluding hydrogens is 326 g/mol. The Morgan fingerprint density at radius 2 is 2.26 bits per heavy atom. The third-order valence-electron chi connectivity index (χ3n) is 3.50. The minimum absolute atomic E-state index is 0.171. The molecule has 1 amide bonds. The lowest BCUT2D eigenvalue weighted by Gasteiger charge is -2.12. The van der Waals surface area contributed by atoms with Crippen molar-refractivity contribution in [3.63, 3.8) is 0 Å². The van der Waals surface area contributed by atoms with E-state index in [4.69, 9.17) is 5.73 Å². The van der Waals surface area contributed by atoms with Crippen molar-refractivity contribution in [2.45, 2.75) is 43.8 Å². The summed E-state index contributed by atoms with van der Waals surface area (Å²) < 4.78 is 0. The number of aromatic nitrogens is 1. The summed E-state index contributed by atoms with van der Waals surface area (Å²) in [6.07, 6.45) is 1.84. The number of anilines is 1. The van der Waals surface area contributed by atoms with Crippen LogP contribution in [0.3, 0.4) is 0 Å². The number of nitrogens with one attached hydrogen (secondary N) is 1. The van der Waals surface area contributed by atoms with Gasteiger partial charge in [0, 0.05) is 27.6 Å². The molecule has 0 aliphatic rings. The first-order valence-electron chi connectivity index (χ1n) is 7.76. The highest BCUT2D eigenvalue weighted by Crippen LogP contribution is 2.28. The second-order valence-corrected chi connectivity index (χ2v) is 7.89. The maximum absolute atomic E-state index is 12.3. The molecule has 0 radical (unpaired) electrons. The molecule has 4 nitrogen and oxygen atoms in total. The number of thioether (sulfide) groups is 1. The van der Waals surface area contributed by atoms with E-state index >= 15 is 0 Å². The van der Waals surface area contributed by atoms with E-state index in [0.717, 1.165) is 22.7 Å². The van der Waals surface area contributed by atoms with Gasteiger partial charge in [0.2, 0.25) is 0 Å². The fourth-order valence-electron chi connectivity index (χ4n) is 2.01. The molecule has 1 aromatic heterocycles. The van der Waals surface area contributed by atoms with E-state index in [9.17, 15) is 4.79 Å². The van der Waals surface area contributed by atoms with Crippen molar-refractivity contribution in [1.29, 1.82) is 0 Å². The van der Waals surface area contributed by atoms with Crippen molar-refractivity contribution in [1.82, 2.24) is 4.98 Å². The number of carbonyl (C=O) groups is 1. The minimum atomic E-state index is -0.171. The number of carbonyl (C=O) groups excluding carboxylic acids is 1. The number of aryl methyl sites for hydroxylation is 1. The number of hydrogen-bond acceptors (Lipinski definition) is 5. The number of nitrogens with zero attached hydrogens (tertiary/aromatic N) is 1. The Bertz CT molecular complexity index is 670. The van der Waals surface area contributed by atoms with Gasteiger partial charge in [0.15, 0.2) is 0 Å². The number of hydrogen-bond donors (Lipinski definition) is 2. The molecule has 0 bridgehead atoms. The number of rotatable bonds is 7. The molecule has 0 spiro atoms. The van der Waals surface area contributed by atoms with Gasteiger partial charge in [-0.25, -0.2) is 4.98 Å². The van der Waals surface area contributed by atoms with Gasteiger partial charge in [-0.3, -0.25) is 4.79 Å². The van der Waals surface area contributed by atoms with Crippen molar-refractivity contribution in [3.8, 4) is 0 Å². The largest absolute Gasteiger partial charge is 0.330 e. The molecule has 1 aromatic carbocycles. The molecule has 2 aromatic rings. The van der Waals surface area contributed by atoms with Gasteiger partial charge in [0.05, 0.1) is 5.01 Å². The van der Waals surface area contributed by atoms with Gasteiger partial charge in [0.1, 0.15) is 5.69 Å². The average molecular weight is 350 g/mol. The van der Waals surface area contributed by atoms with Crippen LogP contribution in [-0.2, 0) is 6.42 Å². The Balaban J connectivity index is 2.05. The van der Waals surface area contributed by atoms with Gasteiger partial charge in [-0.15, -0.1) is 23.1 Å². The first-order valence-corrected chi connectivity index (χ1v) is 9.52. The SMILES string of the molecule is CCC(C)Sc1ccc(NC(=O)c2csc(CCN)n2)c(C)c1. The third kappa shape index (κ3) is 5.06. The van der Waals surface area contributed by atoms with Crippen LogP contribution in [0, 0.1) is 6.92 Å². The molecular formula is C17H23N3OS2.